The van der Waals surface area contributed by atoms with Gasteiger partial charge in [0, 0.05) is 0 Å². The molecule has 22 heavy (non-hydrogen) atoms. The molecule has 1 aromatic carbocycles. The second-order valence-electron chi connectivity index (χ2n) is 4.78. The molecular weight excluding hydrogens is 290 g/mol. The van der Waals surface area contributed by atoms with Crippen molar-refractivity contribution >= 4 is 17.6 Å². The highest BCUT2D eigenvalue weighted by molar-refractivity contribution is 5.96. The summed E-state index contributed by atoms with van der Waals surface area (Å²) in [5.74, 6) is -0.926. The molecule has 0 saturated carbocycles. The third kappa shape index (κ3) is 4.92. The monoisotopic (exact) mass is 311 g/mol. The Morgan fingerprint density at radius 3 is 2.41 bits per heavy atom. The van der Waals surface area contributed by atoms with Crippen molar-refractivity contribution in [1.29, 1.82) is 0 Å². The molecule has 2 N–H and O–H groups in total. The van der Waals surface area contributed by atoms with Crippen molar-refractivity contribution in [2.24, 2.45) is 0 Å². The standard InChI is InChI=1S/C15H21NO6/c1-9(2)22-6-5-13(17)16-11-7-10(15(18)19)8-12(20-3)14(11)21-4/h7-9H,5-6H2,1-4H3,(H,16,17)(H,18,19). The van der Waals surface area contributed by atoms with Crippen molar-refractivity contribution in [3.05, 3.63) is 17.7 Å². The Balaban J connectivity index is 2.94. The average molecular weight is 311 g/mol. The molecule has 1 amide bonds. The first kappa shape index (κ1) is 17.8. The van der Waals surface area contributed by atoms with E-state index in [1.54, 1.807) is 0 Å². The molecule has 1 aromatic rings. The number of carboxylic acid groups (broad SMARTS) is 1. The molecule has 7 heteroatoms. The van der Waals surface area contributed by atoms with Gasteiger partial charge in [0.2, 0.25) is 5.91 Å². The molecule has 7 nitrogen and oxygen atoms in total. The minimum absolute atomic E-state index is 0.00798. The molecule has 0 bridgehead atoms. The summed E-state index contributed by atoms with van der Waals surface area (Å²) in [6.45, 7) is 4.03. The topological polar surface area (TPSA) is 94.1 Å². The highest BCUT2D eigenvalue weighted by atomic mass is 16.5. The number of amides is 1. The van der Waals surface area contributed by atoms with Gasteiger partial charge in [0.15, 0.2) is 11.5 Å². The highest BCUT2D eigenvalue weighted by Crippen LogP contribution is 2.36. The van der Waals surface area contributed by atoms with Crippen molar-refractivity contribution in [1.82, 2.24) is 0 Å². The predicted octanol–water partition coefficient (Wildman–Crippen LogP) is 2.16. The summed E-state index contributed by atoms with van der Waals surface area (Å²) in [7, 11) is 2.81. The van der Waals surface area contributed by atoms with Crippen LogP contribution in [-0.2, 0) is 9.53 Å². The number of benzene rings is 1. The van der Waals surface area contributed by atoms with Gasteiger partial charge in [-0.2, -0.15) is 0 Å². The van der Waals surface area contributed by atoms with Crippen LogP contribution in [0.15, 0.2) is 12.1 Å². The van der Waals surface area contributed by atoms with Crippen LogP contribution in [0.5, 0.6) is 11.5 Å². The fourth-order valence-electron chi connectivity index (χ4n) is 1.78. The fraction of sp³-hybridized carbons (Fsp3) is 0.467. The third-order valence-corrected chi connectivity index (χ3v) is 2.78. The van der Waals surface area contributed by atoms with Crippen LogP contribution in [0.4, 0.5) is 5.69 Å². The minimum Gasteiger partial charge on any atom is -0.493 e. The van der Waals surface area contributed by atoms with Gasteiger partial charge >= 0.3 is 5.97 Å². The van der Waals surface area contributed by atoms with Crippen molar-refractivity contribution in [3.8, 4) is 11.5 Å². The summed E-state index contributed by atoms with van der Waals surface area (Å²) >= 11 is 0. The van der Waals surface area contributed by atoms with Gasteiger partial charge in [-0.1, -0.05) is 0 Å². The molecule has 0 spiro atoms. The maximum atomic E-state index is 11.9. The van der Waals surface area contributed by atoms with E-state index in [2.05, 4.69) is 5.32 Å². The zero-order valence-corrected chi connectivity index (χ0v) is 13.1. The lowest BCUT2D eigenvalue weighted by molar-refractivity contribution is -0.117. The highest BCUT2D eigenvalue weighted by Gasteiger charge is 2.17. The number of methoxy groups -OCH3 is 2. The number of rotatable bonds is 8. The molecule has 0 saturated heterocycles. The first-order valence-corrected chi connectivity index (χ1v) is 6.79. The first-order valence-electron chi connectivity index (χ1n) is 6.79. The van der Waals surface area contributed by atoms with Crippen LogP contribution in [0.3, 0.4) is 0 Å². The normalized spacial score (nSPS) is 10.4. The summed E-state index contributed by atoms with van der Waals surface area (Å²) in [5.41, 5.74) is 0.236. The van der Waals surface area contributed by atoms with Crippen LogP contribution >= 0.6 is 0 Å². The van der Waals surface area contributed by atoms with Crippen molar-refractivity contribution < 1.29 is 28.9 Å². The van der Waals surface area contributed by atoms with Crippen molar-refractivity contribution in [3.63, 3.8) is 0 Å². The van der Waals surface area contributed by atoms with Crippen molar-refractivity contribution in [2.45, 2.75) is 26.4 Å². The molecule has 0 aliphatic heterocycles. The van der Waals surface area contributed by atoms with E-state index in [4.69, 9.17) is 19.3 Å². The predicted molar refractivity (Wildman–Crippen MR) is 80.8 cm³/mol. The maximum absolute atomic E-state index is 11.9. The van der Waals surface area contributed by atoms with E-state index in [1.165, 1.54) is 26.4 Å². The lowest BCUT2D eigenvalue weighted by Gasteiger charge is -2.15. The van der Waals surface area contributed by atoms with Crippen molar-refractivity contribution in [2.75, 3.05) is 26.1 Å². The number of carbonyl (C=O) groups excluding carboxylic acids is 1. The lowest BCUT2D eigenvalue weighted by Crippen LogP contribution is -2.17. The quantitative estimate of drug-likeness (QED) is 0.764. The van der Waals surface area contributed by atoms with E-state index in [1.807, 2.05) is 13.8 Å². The Bertz CT molecular complexity index is 541. The van der Waals surface area contributed by atoms with Gasteiger partial charge in [-0.25, -0.2) is 4.79 Å². The van der Waals surface area contributed by atoms with E-state index in [0.717, 1.165) is 0 Å². The molecule has 0 aromatic heterocycles. The SMILES string of the molecule is COc1cc(C(=O)O)cc(NC(=O)CCOC(C)C)c1OC. The van der Waals surface area contributed by atoms with Crippen LogP contribution in [0.1, 0.15) is 30.6 Å². The van der Waals surface area contributed by atoms with E-state index in [0.29, 0.717) is 0 Å². The van der Waals surface area contributed by atoms with Gasteiger partial charge < -0.3 is 24.6 Å². The van der Waals surface area contributed by atoms with Gasteiger partial charge in [0.25, 0.3) is 0 Å². The zero-order chi connectivity index (χ0) is 16.7. The Morgan fingerprint density at radius 2 is 1.91 bits per heavy atom. The van der Waals surface area contributed by atoms with E-state index < -0.39 is 5.97 Å². The summed E-state index contributed by atoms with van der Waals surface area (Å²) in [6.07, 6.45) is 0.193. The molecule has 1 rings (SSSR count). The number of hydrogen-bond acceptors (Lipinski definition) is 5. The summed E-state index contributed by atoms with van der Waals surface area (Å²) < 4.78 is 15.6. The van der Waals surface area contributed by atoms with E-state index in [-0.39, 0.29) is 47.8 Å². The van der Waals surface area contributed by atoms with Gasteiger partial charge in [0.05, 0.1) is 44.6 Å². The van der Waals surface area contributed by atoms with Gasteiger partial charge in [-0.05, 0) is 26.0 Å². The van der Waals surface area contributed by atoms with Crippen LogP contribution in [-0.4, -0.2) is 43.9 Å². The molecule has 0 radical (unpaired) electrons. The van der Waals surface area contributed by atoms with Crippen LogP contribution < -0.4 is 14.8 Å². The second-order valence-corrected chi connectivity index (χ2v) is 4.78. The lowest BCUT2D eigenvalue weighted by atomic mass is 10.1. The number of nitrogens with one attached hydrogen (secondary N) is 1. The number of anilines is 1. The number of carboxylic acids is 1. The largest absolute Gasteiger partial charge is 0.493 e. The Kier molecular flexibility index (Phi) is 6.65. The summed E-state index contributed by atoms with van der Waals surface area (Å²) in [6, 6.07) is 2.66. The molecule has 0 heterocycles. The average Bonchev–Trinajstić information content (AvgIpc) is 2.45. The van der Waals surface area contributed by atoms with Crippen LogP contribution in [0.25, 0.3) is 0 Å². The number of aromatic carboxylic acids is 1. The summed E-state index contributed by atoms with van der Waals surface area (Å²) in [4.78, 5) is 23.0. The van der Waals surface area contributed by atoms with Gasteiger partial charge in [-0.3, -0.25) is 4.79 Å². The third-order valence-electron chi connectivity index (χ3n) is 2.78. The Morgan fingerprint density at radius 1 is 1.23 bits per heavy atom. The first-order chi connectivity index (χ1) is 10.4. The van der Waals surface area contributed by atoms with Crippen LogP contribution in [0, 0.1) is 0 Å². The second kappa shape index (κ2) is 8.23. The molecule has 122 valence electrons. The van der Waals surface area contributed by atoms with Crippen LogP contribution in [0.2, 0.25) is 0 Å². The Hall–Kier alpha value is -2.28. The zero-order valence-electron chi connectivity index (χ0n) is 13.1. The molecular formula is C15H21NO6. The summed E-state index contributed by atoms with van der Waals surface area (Å²) in [5, 5.41) is 11.7. The Labute approximate surface area is 129 Å². The van der Waals surface area contributed by atoms with E-state index in [9.17, 15) is 9.59 Å². The molecule has 0 unspecified atom stereocenters. The maximum Gasteiger partial charge on any atom is 0.335 e. The molecule has 0 fully saturated rings. The van der Waals surface area contributed by atoms with Gasteiger partial charge in [0.1, 0.15) is 0 Å². The minimum atomic E-state index is -1.13. The van der Waals surface area contributed by atoms with E-state index >= 15 is 0 Å². The van der Waals surface area contributed by atoms with Gasteiger partial charge in [-0.15, -0.1) is 0 Å². The molecule has 0 aliphatic rings. The molecule has 0 aliphatic carbocycles. The smallest absolute Gasteiger partial charge is 0.335 e. The number of carbonyl (C=O) groups is 2. The fourth-order valence-corrected chi connectivity index (χ4v) is 1.78. The number of hydrogen-bond donors (Lipinski definition) is 2. The number of ether oxygens (including phenoxy) is 3. The molecule has 0 atom stereocenters.